The Morgan fingerprint density at radius 2 is 2.20 bits per heavy atom. The third-order valence-electron chi connectivity index (χ3n) is 3.26. The highest BCUT2D eigenvalue weighted by molar-refractivity contribution is 9.10. The van der Waals surface area contributed by atoms with Crippen LogP contribution in [0, 0.1) is 0 Å². The van der Waals surface area contributed by atoms with E-state index in [1.54, 1.807) is 11.3 Å². The molecule has 0 aliphatic rings. The number of rotatable bonds is 3. The van der Waals surface area contributed by atoms with Crippen LogP contribution >= 0.6 is 27.3 Å². The van der Waals surface area contributed by atoms with Crippen LogP contribution in [0.3, 0.4) is 0 Å². The van der Waals surface area contributed by atoms with Gasteiger partial charge in [0.05, 0.1) is 16.1 Å². The molecular weight excluding hydrogens is 334 g/mol. The Kier molecular flexibility index (Phi) is 3.63. The zero-order valence-electron chi connectivity index (χ0n) is 11.0. The summed E-state index contributed by atoms with van der Waals surface area (Å²) in [6.45, 7) is 2.16. The van der Waals surface area contributed by atoms with Gasteiger partial charge in [0.2, 0.25) is 0 Å². The monoisotopic (exact) mass is 347 g/mol. The summed E-state index contributed by atoms with van der Waals surface area (Å²) in [5.74, 6) is 0.536. The third-order valence-corrected chi connectivity index (χ3v) is 4.73. The van der Waals surface area contributed by atoms with Crippen LogP contribution < -0.4 is 5.73 Å². The van der Waals surface area contributed by atoms with Crippen molar-refractivity contribution in [2.45, 2.75) is 13.3 Å². The van der Waals surface area contributed by atoms with Gasteiger partial charge in [-0.3, -0.25) is 5.10 Å². The smallest absolute Gasteiger partial charge is 0.153 e. The first-order valence-electron chi connectivity index (χ1n) is 6.37. The Bertz CT molecular complexity index is 745. The number of thiophene rings is 1. The zero-order chi connectivity index (χ0) is 14.1. The van der Waals surface area contributed by atoms with Crippen LogP contribution in [0.5, 0.6) is 0 Å². The molecule has 0 aliphatic heterocycles. The predicted molar refractivity (Wildman–Crippen MR) is 88.8 cm³/mol. The average Bonchev–Trinajstić information content (AvgIpc) is 3.04. The molecule has 3 N–H and O–H groups in total. The molecule has 3 rings (SSSR count). The van der Waals surface area contributed by atoms with Crippen LogP contribution in [-0.2, 0) is 6.42 Å². The lowest BCUT2D eigenvalue weighted by Crippen LogP contribution is -1.89. The number of halogens is 1. The maximum Gasteiger partial charge on any atom is 0.153 e. The van der Waals surface area contributed by atoms with Crippen LogP contribution in [0.15, 0.2) is 40.2 Å². The van der Waals surface area contributed by atoms with Crippen LogP contribution in [0.1, 0.15) is 12.5 Å². The molecule has 2 aromatic heterocycles. The molecule has 0 radical (unpaired) electrons. The van der Waals surface area contributed by atoms with Crippen LogP contribution in [0.2, 0.25) is 0 Å². The van der Waals surface area contributed by atoms with E-state index in [1.807, 2.05) is 12.1 Å². The van der Waals surface area contributed by atoms with Crippen molar-refractivity contribution < 1.29 is 0 Å². The Balaban J connectivity index is 2.20. The minimum Gasteiger partial charge on any atom is -0.382 e. The Labute approximate surface area is 130 Å². The summed E-state index contributed by atoms with van der Waals surface area (Å²) >= 11 is 5.22. The highest BCUT2D eigenvalue weighted by Gasteiger charge is 2.17. The number of hydrogen-bond donors (Lipinski definition) is 2. The lowest BCUT2D eigenvalue weighted by atomic mass is 10.0. The number of benzene rings is 1. The molecule has 0 saturated carbocycles. The molecule has 0 bridgehead atoms. The average molecular weight is 348 g/mol. The van der Waals surface area contributed by atoms with E-state index in [2.05, 4.69) is 56.6 Å². The molecule has 2 heterocycles. The molecule has 20 heavy (non-hydrogen) atoms. The van der Waals surface area contributed by atoms with Crippen molar-refractivity contribution >= 4 is 33.1 Å². The SMILES string of the molecule is CCc1ccsc1-c1[nH]nc(N)c1-c1cccc(Br)c1. The topological polar surface area (TPSA) is 54.7 Å². The van der Waals surface area contributed by atoms with E-state index in [0.29, 0.717) is 5.82 Å². The maximum absolute atomic E-state index is 6.07. The molecule has 0 aliphatic carbocycles. The molecule has 0 atom stereocenters. The number of H-pyrrole nitrogens is 1. The number of nitrogens with two attached hydrogens (primary N) is 1. The van der Waals surface area contributed by atoms with Crippen molar-refractivity contribution in [2.24, 2.45) is 0 Å². The largest absolute Gasteiger partial charge is 0.382 e. The van der Waals surface area contributed by atoms with Gasteiger partial charge in [-0.1, -0.05) is 35.0 Å². The lowest BCUT2D eigenvalue weighted by molar-refractivity contribution is 1.10. The molecule has 3 aromatic rings. The number of aryl methyl sites for hydroxylation is 1. The number of aromatic amines is 1. The molecule has 0 spiro atoms. The van der Waals surface area contributed by atoms with E-state index in [0.717, 1.165) is 27.7 Å². The van der Waals surface area contributed by atoms with E-state index >= 15 is 0 Å². The van der Waals surface area contributed by atoms with E-state index in [4.69, 9.17) is 5.73 Å². The van der Waals surface area contributed by atoms with Gasteiger partial charge in [-0.2, -0.15) is 5.10 Å². The summed E-state index contributed by atoms with van der Waals surface area (Å²) in [4.78, 5) is 1.21. The highest BCUT2D eigenvalue weighted by atomic mass is 79.9. The number of nitrogen functional groups attached to an aromatic ring is 1. The second kappa shape index (κ2) is 5.42. The van der Waals surface area contributed by atoms with Crippen LogP contribution in [-0.4, -0.2) is 10.2 Å². The Morgan fingerprint density at radius 3 is 2.95 bits per heavy atom. The number of nitrogens with zero attached hydrogens (tertiary/aromatic N) is 1. The van der Waals surface area contributed by atoms with Crippen molar-refractivity contribution in [3.05, 3.63) is 45.7 Å². The Morgan fingerprint density at radius 1 is 1.35 bits per heavy atom. The molecule has 1 aromatic carbocycles. The van der Waals surface area contributed by atoms with Crippen molar-refractivity contribution in [2.75, 3.05) is 5.73 Å². The van der Waals surface area contributed by atoms with Gasteiger partial charge in [-0.25, -0.2) is 0 Å². The van der Waals surface area contributed by atoms with Crippen molar-refractivity contribution in [3.8, 4) is 21.7 Å². The van der Waals surface area contributed by atoms with Gasteiger partial charge in [0, 0.05) is 4.47 Å². The number of hydrogen-bond acceptors (Lipinski definition) is 3. The van der Waals surface area contributed by atoms with Gasteiger partial charge in [-0.05, 0) is 41.1 Å². The number of aromatic nitrogens is 2. The first-order chi connectivity index (χ1) is 9.70. The molecule has 3 nitrogen and oxygen atoms in total. The van der Waals surface area contributed by atoms with Gasteiger partial charge in [0.25, 0.3) is 0 Å². The van der Waals surface area contributed by atoms with Gasteiger partial charge >= 0.3 is 0 Å². The summed E-state index contributed by atoms with van der Waals surface area (Å²) in [6.07, 6.45) is 0.996. The quantitative estimate of drug-likeness (QED) is 0.720. The molecule has 0 unspecified atom stereocenters. The van der Waals surface area contributed by atoms with Gasteiger partial charge in [0.1, 0.15) is 0 Å². The summed E-state index contributed by atoms with van der Waals surface area (Å²) in [7, 11) is 0. The van der Waals surface area contributed by atoms with Gasteiger partial charge in [-0.15, -0.1) is 11.3 Å². The van der Waals surface area contributed by atoms with Crippen molar-refractivity contribution in [1.29, 1.82) is 0 Å². The second-order valence-electron chi connectivity index (χ2n) is 4.50. The van der Waals surface area contributed by atoms with Crippen molar-refractivity contribution in [1.82, 2.24) is 10.2 Å². The number of nitrogens with one attached hydrogen (secondary N) is 1. The molecule has 5 heteroatoms. The fraction of sp³-hybridized carbons (Fsp3) is 0.133. The first kappa shape index (κ1) is 13.4. The van der Waals surface area contributed by atoms with Crippen LogP contribution in [0.4, 0.5) is 5.82 Å². The maximum atomic E-state index is 6.07. The minimum atomic E-state index is 0.536. The standard InChI is InChI=1S/C15H14BrN3S/c1-2-9-6-7-20-14(9)13-12(15(17)19-18-13)10-4-3-5-11(16)8-10/h3-8H,2H2,1H3,(H3,17,18,19). The first-order valence-corrected chi connectivity index (χ1v) is 8.04. The van der Waals surface area contributed by atoms with Gasteiger partial charge < -0.3 is 5.73 Å². The van der Waals surface area contributed by atoms with E-state index in [9.17, 15) is 0 Å². The fourth-order valence-corrected chi connectivity index (χ4v) is 3.69. The normalized spacial score (nSPS) is 10.9. The fourth-order valence-electron chi connectivity index (χ4n) is 2.29. The molecular formula is C15H14BrN3S. The van der Waals surface area contributed by atoms with Crippen LogP contribution in [0.25, 0.3) is 21.7 Å². The van der Waals surface area contributed by atoms with E-state index < -0.39 is 0 Å². The Hall–Kier alpha value is -1.59. The van der Waals surface area contributed by atoms with Crippen molar-refractivity contribution in [3.63, 3.8) is 0 Å². The summed E-state index contributed by atoms with van der Waals surface area (Å²) in [5, 5.41) is 9.39. The van der Waals surface area contributed by atoms with Gasteiger partial charge in [0.15, 0.2) is 5.82 Å². The molecule has 0 amide bonds. The minimum absolute atomic E-state index is 0.536. The second-order valence-corrected chi connectivity index (χ2v) is 6.33. The summed E-state index contributed by atoms with van der Waals surface area (Å²) < 4.78 is 1.03. The van der Waals surface area contributed by atoms with E-state index in [1.165, 1.54) is 10.4 Å². The number of anilines is 1. The van der Waals surface area contributed by atoms with E-state index in [-0.39, 0.29) is 0 Å². The molecule has 0 fully saturated rings. The molecule has 102 valence electrons. The summed E-state index contributed by atoms with van der Waals surface area (Å²) in [6, 6.07) is 10.3. The molecule has 0 saturated heterocycles. The lowest BCUT2D eigenvalue weighted by Gasteiger charge is -2.05. The predicted octanol–water partition coefficient (Wildman–Crippen LogP) is 4.71. The highest BCUT2D eigenvalue weighted by Crippen LogP contribution is 2.39. The third kappa shape index (κ3) is 2.27. The summed E-state index contributed by atoms with van der Waals surface area (Å²) in [5.41, 5.74) is 10.4. The zero-order valence-corrected chi connectivity index (χ0v) is 13.4.